The summed E-state index contributed by atoms with van der Waals surface area (Å²) in [7, 11) is 0. The highest BCUT2D eigenvalue weighted by molar-refractivity contribution is 9.10. The maximum atomic E-state index is 8.97. The summed E-state index contributed by atoms with van der Waals surface area (Å²) in [5.41, 5.74) is 2.12. The van der Waals surface area contributed by atoms with Gasteiger partial charge in [0, 0.05) is 17.6 Å². The lowest BCUT2D eigenvalue weighted by Crippen LogP contribution is -2.22. The van der Waals surface area contributed by atoms with Crippen molar-refractivity contribution in [2.75, 3.05) is 18.0 Å². The second-order valence-corrected chi connectivity index (χ2v) is 3.97. The first kappa shape index (κ1) is 11.5. The van der Waals surface area contributed by atoms with Crippen LogP contribution in [-0.2, 0) is 6.61 Å². The smallest absolute Gasteiger partial charge is 0.0682 e. The molecule has 1 aromatic rings. The Kier molecular flexibility index (Phi) is 4.42. The minimum atomic E-state index is 0.0944. The van der Waals surface area contributed by atoms with Crippen LogP contribution in [0.1, 0.15) is 19.4 Å². The van der Waals surface area contributed by atoms with E-state index < -0.39 is 0 Å². The van der Waals surface area contributed by atoms with Gasteiger partial charge in [-0.2, -0.15) is 0 Å². The maximum absolute atomic E-state index is 8.97. The molecule has 0 amide bonds. The zero-order valence-corrected chi connectivity index (χ0v) is 10.2. The zero-order valence-electron chi connectivity index (χ0n) is 8.63. The molecule has 0 atom stereocenters. The summed E-state index contributed by atoms with van der Waals surface area (Å²) in [6.07, 6.45) is 0. The van der Waals surface area contributed by atoms with Crippen LogP contribution >= 0.6 is 15.9 Å². The van der Waals surface area contributed by atoms with Crippen LogP contribution in [0.5, 0.6) is 0 Å². The molecule has 0 aliphatic rings. The van der Waals surface area contributed by atoms with Crippen molar-refractivity contribution in [1.82, 2.24) is 0 Å². The standard InChI is InChI=1S/C11H16BrNO/c1-3-13(4-2)11-6-5-9(8-14)7-10(11)12/h5-7,14H,3-4,8H2,1-2H3. The average Bonchev–Trinajstić information content (AvgIpc) is 2.22. The molecule has 0 aromatic heterocycles. The van der Waals surface area contributed by atoms with Crippen molar-refractivity contribution >= 4 is 21.6 Å². The number of benzene rings is 1. The van der Waals surface area contributed by atoms with Gasteiger partial charge in [0.05, 0.1) is 12.3 Å². The third-order valence-electron chi connectivity index (χ3n) is 2.30. The molecular formula is C11H16BrNO. The second-order valence-electron chi connectivity index (χ2n) is 3.12. The predicted octanol–water partition coefficient (Wildman–Crippen LogP) is 2.79. The maximum Gasteiger partial charge on any atom is 0.0682 e. The number of anilines is 1. The third kappa shape index (κ3) is 2.49. The molecule has 1 N–H and O–H groups in total. The Hall–Kier alpha value is -0.540. The van der Waals surface area contributed by atoms with Crippen LogP contribution in [0.25, 0.3) is 0 Å². The fourth-order valence-electron chi connectivity index (χ4n) is 1.47. The van der Waals surface area contributed by atoms with Gasteiger partial charge in [-0.25, -0.2) is 0 Å². The average molecular weight is 258 g/mol. The van der Waals surface area contributed by atoms with Gasteiger partial charge in [-0.3, -0.25) is 0 Å². The summed E-state index contributed by atoms with van der Waals surface area (Å²) in [5, 5.41) is 8.97. The first-order chi connectivity index (χ1) is 6.72. The Balaban J connectivity index is 2.98. The molecular weight excluding hydrogens is 242 g/mol. The lowest BCUT2D eigenvalue weighted by Gasteiger charge is -2.22. The largest absolute Gasteiger partial charge is 0.392 e. The highest BCUT2D eigenvalue weighted by atomic mass is 79.9. The summed E-state index contributed by atoms with van der Waals surface area (Å²) in [6.45, 7) is 6.35. The van der Waals surface area contributed by atoms with Crippen LogP contribution in [0, 0.1) is 0 Å². The van der Waals surface area contributed by atoms with Crippen LogP contribution < -0.4 is 4.90 Å². The van der Waals surface area contributed by atoms with Gasteiger partial charge < -0.3 is 10.0 Å². The molecule has 3 heteroatoms. The van der Waals surface area contributed by atoms with E-state index in [2.05, 4.69) is 34.7 Å². The van der Waals surface area contributed by atoms with E-state index in [4.69, 9.17) is 5.11 Å². The van der Waals surface area contributed by atoms with E-state index in [0.29, 0.717) is 0 Å². The van der Waals surface area contributed by atoms with E-state index in [9.17, 15) is 0 Å². The monoisotopic (exact) mass is 257 g/mol. The molecule has 0 fully saturated rings. The molecule has 0 radical (unpaired) electrons. The molecule has 14 heavy (non-hydrogen) atoms. The normalized spacial score (nSPS) is 10.3. The summed E-state index contributed by atoms with van der Waals surface area (Å²) in [6, 6.07) is 5.97. The van der Waals surface area contributed by atoms with Gasteiger partial charge in [0.15, 0.2) is 0 Å². The Bertz CT molecular complexity index is 297. The van der Waals surface area contributed by atoms with Crippen LogP contribution in [0.3, 0.4) is 0 Å². The summed E-state index contributed by atoms with van der Waals surface area (Å²) in [4.78, 5) is 2.27. The van der Waals surface area contributed by atoms with Gasteiger partial charge in [-0.05, 0) is 47.5 Å². The van der Waals surface area contributed by atoms with Crippen LogP contribution in [0.4, 0.5) is 5.69 Å². The quantitative estimate of drug-likeness (QED) is 0.897. The van der Waals surface area contributed by atoms with Crippen LogP contribution in [0.15, 0.2) is 22.7 Å². The van der Waals surface area contributed by atoms with Gasteiger partial charge in [0.1, 0.15) is 0 Å². The van der Waals surface area contributed by atoms with Crippen molar-refractivity contribution < 1.29 is 5.11 Å². The van der Waals surface area contributed by atoms with E-state index in [1.54, 1.807) is 0 Å². The third-order valence-corrected chi connectivity index (χ3v) is 2.93. The summed E-state index contributed by atoms with van der Waals surface area (Å²) >= 11 is 3.52. The van der Waals surface area contributed by atoms with Crippen molar-refractivity contribution in [3.63, 3.8) is 0 Å². The van der Waals surface area contributed by atoms with Gasteiger partial charge >= 0.3 is 0 Å². The first-order valence-corrected chi connectivity index (χ1v) is 5.66. The molecule has 0 saturated heterocycles. The number of halogens is 1. The Morgan fingerprint density at radius 1 is 1.29 bits per heavy atom. The number of aliphatic hydroxyl groups is 1. The molecule has 1 aromatic carbocycles. The first-order valence-electron chi connectivity index (χ1n) is 4.87. The number of aliphatic hydroxyl groups excluding tert-OH is 1. The van der Waals surface area contributed by atoms with Gasteiger partial charge in [0.25, 0.3) is 0 Å². The van der Waals surface area contributed by atoms with Crippen molar-refractivity contribution in [2.24, 2.45) is 0 Å². The lowest BCUT2D eigenvalue weighted by atomic mass is 10.2. The van der Waals surface area contributed by atoms with Crippen molar-refractivity contribution in [3.05, 3.63) is 28.2 Å². The minimum Gasteiger partial charge on any atom is -0.392 e. The summed E-state index contributed by atoms with van der Waals surface area (Å²) in [5.74, 6) is 0. The van der Waals surface area contributed by atoms with Crippen molar-refractivity contribution in [2.45, 2.75) is 20.5 Å². The van der Waals surface area contributed by atoms with E-state index in [0.717, 1.165) is 23.1 Å². The van der Waals surface area contributed by atoms with Gasteiger partial charge in [0.2, 0.25) is 0 Å². The predicted molar refractivity (Wildman–Crippen MR) is 63.6 cm³/mol. The molecule has 0 saturated carbocycles. The summed E-state index contributed by atoms with van der Waals surface area (Å²) < 4.78 is 1.05. The SMILES string of the molecule is CCN(CC)c1ccc(CO)cc1Br. The Morgan fingerprint density at radius 3 is 2.36 bits per heavy atom. The molecule has 0 aliphatic carbocycles. The molecule has 0 aliphatic heterocycles. The topological polar surface area (TPSA) is 23.5 Å². The Labute approximate surface area is 93.7 Å². The van der Waals surface area contributed by atoms with Gasteiger partial charge in [-0.1, -0.05) is 6.07 Å². The van der Waals surface area contributed by atoms with Crippen molar-refractivity contribution in [1.29, 1.82) is 0 Å². The molecule has 78 valence electrons. The Morgan fingerprint density at radius 2 is 1.93 bits per heavy atom. The fourth-order valence-corrected chi connectivity index (χ4v) is 2.15. The van der Waals surface area contributed by atoms with Crippen LogP contribution in [-0.4, -0.2) is 18.2 Å². The van der Waals surface area contributed by atoms with Gasteiger partial charge in [-0.15, -0.1) is 0 Å². The minimum absolute atomic E-state index is 0.0944. The molecule has 0 unspecified atom stereocenters. The fraction of sp³-hybridized carbons (Fsp3) is 0.455. The van der Waals surface area contributed by atoms with E-state index in [1.165, 1.54) is 5.69 Å². The molecule has 1 rings (SSSR count). The molecule has 0 spiro atoms. The lowest BCUT2D eigenvalue weighted by molar-refractivity contribution is 0.282. The van der Waals surface area contributed by atoms with Crippen molar-refractivity contribution in [3.8, 4) is 0 Å². The second kappa shape index (κ2) is 5.37. The number of rotatable bonds is 4. The number of hydrogen-bond acceptors (Lipinski definition) is 2. The number of nitrogens with zero attached hydrogens (tertiary/aromatic N) is 1. The van der Waals surface area contributed by atoms with Crippen LogP contribution in [0.2, 0.25) is 0 Å². The molecule has 0 bridgehead atoms. The highest BCUT2D eigenvalue weighted by Gasteiger charge is 2.06. The number of hydrogen-bond donors (Lipinski definition) is 1. The molecule has 2 nitrogen and oxygen atoms in total. The van der Waals surface area contributed by atoms with E-state index in [1.807, 2.05) is 18.2 Å². The molecule has 0 heterocycles. The zero-order chi connectivity index (χ0) is 10.6. The van der Waals surface area contributed by atoms with E-state index in [-0.39, 0.29) is 6.61 Å². The van der Waals surface area contributed by atoms with E-state index >= 15 is 0 Å². The highest BCUT2D eigenvalue weighted by Crippen LogP contribution is 2.27.